The van der Waals surface area contributed by atoms with Crippen molar-refractivity contribution in [1.82, 2.24) is 15.0 Å². The maximum Gasteiger partial charge on any atom is 0.431 e. The van der Waals surface area contributed by atoms with Crippen LogP contribution in [0.1, 0.15) is 53.1 Å². The average molecular weight is 472 g/mol. The third kappa shape index (κ3) is 5.44. The van der Waals surface area contributed by atoms with Crippen molar-refractivity contribution in [3.8, 4) is 16.9 Å². The van der Waals surface area contributed by atoms with Gasteiger partial charge >= 0.3 is 6.18 Å². The van der Waals surface area contributed by atoms with Crippen LogP contribution in [0.4, 0.5) is 13.2 Å². The van der Waals surface area contributed by atoms with Crippen molar-refractivity contribution >= 4 is 5.91 Å². The molecule has 0 bridgehead atoms. The van der Waals surface area contributed by atoms with E-state index in [1.54, 1.807) is 17.4 Å². The van der Waals surface area contributed by atoms with Gasteiger partial charge < -0.3 is 15.5 Å². The number of ether oxygens (including phenoxy) is 1. The van der Waals surface area contributed by atoms with Gasteiger partial charge in [-0.1, -0.05) is 37.8 Å². The molecule has 0 aliphatic heterocycles. The maximum absolute atomic E-state index is 13.5. The maximum atomic E-state index is 13.5. The van der Waals surface area contributed by atoms with Crippen LogP contribution < -0.4 is 16.0 Å². The number of rotatable bonds is 7. The van der Waals surface area contributed by atoms with Gasteiger partial charge in [0.05, 0.1) is 0 Å². The van der Waals surface area contributed by atoms with Gasteiger partial charge in [-0.05, 0) is 29.7 Å². The molecule has 1 fully saturated rings. The number of hydrogen-bond acceptors (Lipinski definition) is 5. The van der Waals surface area contributed by atoms with Gasteiger partial charge in [0, 0.05) is 29.9 Å². The van der Waals surface area contributed by atoms with Crippen LogP contribution >= 0.6 is 0 Å². The van der Waals surface area contributed by atoms with E-state index in [1.165, 1.54) is 49.9 Å². The second-order valence-corrected chi connectivity index (χ2v) is 8.34. The Labute approximate surface area is 193 Å². The van der Waals surface area contributed by atoms with Gasteiger partial charge in [0.2, 0.25) is 0 Å². The minimum Gasteiger partial charge on any atom is -0.489 e. The van der Waals surface area contributed by atoms with Crippen LogP contribution in [0.25, 0.3) is 11.1 Å². The van der Waals surface area contributed by atoms with Gasteiger partial charge in [0.1, 0.15) is 29.4 Å². The highest BCUT2D eigenvalue weighted by Crippen LogP contribution is 2.36. The molecule has 0 unspecified atom stereocenters. The lowest BCUT2D eigenvalue weighted by atomic mass is 10.0. The summed E-state index contributed by atoms with van der Waals surface area (Å²) in [5.41, 5.74) is 2.65. The summed E-state index contributed by atoms with van der Waals surface area (Å²) in [7, 11) is 0. The Morgan fingerprint density at radius 2 is 1.76 bits per heavy atom. The summed E-state index contributed by atoms with van der Waals surface area (Å²) in [6.45, 7) is 0.196. The SMILES string of the molecule is NC(=O)c1cc(-c2ccc(OCc3cnc(CC4CCCC4)nc3)cc2)c(C(F)(F)F)[nH]c1=O. The minimum atomic E-state index is -4.83. The fraction of sp³-hybridized carbons (Fsp3) is 0.333. The third-order valence-electron chi connectivity index (χ3n) is 5.87. The van der Waals surface area contributed by atoms with E-state index in [0.29, 0.717) is 11.7 Å². The summed E-state index contributed by atoms with van der Waals surface area (Å²) in [6, 6.07) is 6.67. The van der Waals surface area contributed by atoms with Crippen LogP contribution in [-0.2, 0) is 19.2 Å². The minimum absolute atomic E-state index is 0.137. The summed E-state index contributed by atoms with van der Waals surface area (Å²) >= 11 is 0. The van der Waals surface area contributed by atoms with E-state index in [2.05, 4.69) is 9.97 Å². The number of nitrogens with two attached hydrogens (primary N) is 1. The summed E-state index contributed by atoms with van der Waals surface area (Å²) in [6.07, 6.45) is 4.45. The Morgan fingerprint density at radius 1 is 1.12 bits per heavy atom. The molecule has 1 saturated carbocycles. The molecule has 1 aromatic carbocycles. The first kappa shape index (κ1) is 23.5. The molecule has 10 heteroatoms. The predicted octanol–water partition coefficient (Wildman–Crippen LogP) is 4.26. The Balaban J connectivity index is 1.46. The van der Waals surface area contributed by atoms with Crippen LogP contribution in [0.5, 0.6) is 5.75 Å². The molecular weight excluding hydrogens is 449 g/mol. The van der Waals surface area contributed by atoms with E-state index < -0.39 is 28.9 Å². The molecule has 4 rings (SSSR count). The molecular formula is C24H23F3N4O3. The number of primary amides is 1. The number of amides is 1. The number of alkyl halides is 3. The molecule has 1 aliphatic rings. The van der Waals surface area contributed by atoms with E-state index in [-0.39, 0.29) is 17.7 Å². The van der Waals surface area contributed by atoms with Crippen molar-refractivity contribution < 1.29 is 22.7 Å². The lowest BCUT2D eigenvalue weighted by Gasteiger charge is -2.14. The summed E-state index contributed by atoms with van der Waals surface area (Å²) in [5, 5.41) is 0. The first-order chi connectivity index (χ1) is 16.2. The fourth-order valence-electron chi connectivity index (χ4n) is 4.10. The summed E-state index contributed by atoms with van der Waals surface area (Å²) < 4.78 is 46.1. The van der Waals surface area contributed by atoms with Gasteiger partial charge in [0.15, 0.2) is 0 Å². The first-order valence-electron chi connectivity index (χ1n) is 10.9. The van der Waals surface area contributed by atoms with Crippen molar-refractivity contribution in [3.05, 3.63) is 75.7 Å². The molecule has 0 spiro atoms. The summed E-state index contributed by atoms with van der Waals surface area (Å²) in [5.74, 6) is 0.774. The molecule has 3 aromatic rings. The number of aromatic amines is 1. The number of carbonyl (C=O) groups excluding carboxylic acids is 1. The van der Waals surface area contributed by atoms with Gasteiger partial charge in [0.25, 0.3) is 11.5 Å². The van der Waals surface area contributed by atoms with Gasteiger partial charge in [-0.15, -0.1) is 0 Å². The van der Waals surface area contributed by atoms with E-state index in [4.69, 9.17) is 10.5 Å². The Bertz CT molecular complexity index is 1220. The zero-order chi connectivity index (χ0) is 24.3. The molecule has 0 radical (unpaired) electrons. The van der Waals surface area contributed by atoms with E-state index >= 15 is 0 Å². The molecule has 2 heterocycles. The van der Waals surface area contributed by atoms with Crippen molar-refractivity contribution in [3.63, 3.8) is 0 Å². The quantitative estimate of drug-likeness (QED) is 0.534. The van der Waals surface area contributed by atoms with Crippen molar-refractivity contribution in [2.24, 2.45) is 11.7 Å². The fourth-order valence-corrected chi connectivity index (χ4v) is 4.10. The standard InChI is InChI=1S/C24H23F3N4O3/c25-24(26,27)21-18(10-19(22(28)32)23(33)31-21)16-5-7-17(8-6-16)34-13-15-11-29-20(30-12-15)9-14-3-1-2-4-14/h5-8,10-12,14H,1-4,9,13H2,(H2,28,32)(H,31,33). The number of nitrogens with one attached hydrogen (secondary N) is 1. The predicted molar refractivity (Wildman–Crippen MR) is 118 cm³/mol. The number of halogens is 3. The molecule has 178 valence electrons. The van der Waals surface area contributed by atoms with Crippen molar-refractivity contribution in [1.29, 1.82) is 0 Å². The molecule has 0 saturated heterocycles. The Hall–Kier alpha value is -3.69. The topological polar surface area (TPSA) is 111 Å². The van der Waals surface area contributed by atoms with E-state index in [9.17, 15) is 22.8 Å². The number of aromatic nitrogens is 3. The van der Waals surface area contributed by atoms with E-state index in [1.807, 2.05) is 0 Å². The number of nitrogens with zero attached hydrogens (tertiary/aromatic N) is 2. The average Bonchev–Trinajstić information content (AvgIpc) is 3.31. The zero-order valence-electron chi connectivity index (χ0n) is 18.2. The monoisotopic (exact) mass is 472 g/mol. The van der Waals surface area contributed by atoms with Crippen molar-refractivity contribution in [2.45, 2.75) is 44.9 Å². The molecule has 34 heavy (non-hydrogen) atoms. The van der Waals surface area contributed by atoms with Crippen molar-refractivity contribution in [2.75, 3.05) is 0 Å². The Kier molecular flexibility index (Phi) is 6.67. The van der Waals surface area contributed by atoms with Crippen LogP contribution in [0, 0.1) is 5.92 Å². The van der Waals surface area contributed by atoms with Gasteiger partial charge in [-0.2, -0.15) is 13.2 Å². The Morgan fingerprint density at radius 3 is 2.35 bits per heavy atom. The number of hydrogen-bond donors (Lipinski definition) is 2. The zero-order valence-corrected chi connectivity index (χ0v) is 18.2. The van der Waals surface area contributed by atoms with E-state index in [0.717, 1.165) is 23.9 Å². The second kappa shape index (κ2) is 9.66. The summed E-state index contributed by atoms with van der Waals surface area (Å²) in [4.78, 5) is 33.8. The first-order valence-corrected chi connectivity index (χ1v) is 10.9. The molecule has 7 nitrogen and oxygen atoms in total. The highest BCUT2D eigenvalue weighted by Gasteiger charge is 2.36. The number of pyridine rings is 1. The lowest BCUT2D eigenvalue weighted by molar-refractivity contribution is -0.140. The molecule has 2 aromatic heterocycles. The highest BCUT2D eigenvalue weighted by molar-refractivity contribution is 5.94. The van der Waals surface area contributed by atoms with Gasteiger partial charge in [-0.25, -0.2) is 9.97 Å². The number of H-pyrrole nitrogens is 1. The second-order valence-electron chi connectivity index (χ2n) is 8.34. The highest BCUT2D eigenvalue weighted by atomic mass is 19.4. The van der Waals surface area contributed by atoms with Gasteiger partial charge in [-0.3, -0.25) is 9.59 Å². The lowest BCUT2D eigenvalue weighted by Crippen LogP contribution is -2.27. The van der Waals surface area contributed by atoms with Crippen LogP contribution in [0.15, 0.2) is 47.5 Å². The normalized spacial score (nSPS) is 14.3. The van der Waals surface area contributed by atoms with Crippen LogP contribution in [0.3, 0.4) is 0 Å². The molecule has 1 aliphatic carbocycles. The largest absolute Gasteiger partial charge is 0.489 e. The van der Waals surface area contributed by atoms with Crippen LogP contribution in [-0.4, -0.2) is 20.9 Å². The smallest absolute Gasteiger partial charge is 0.431 e. The molecule has 1 amide bonds. The molecule has 0 atom stereocenters. The van der Waals surface area contributed by atoms with Crippen LogP contribution in [0.2, 0.25) is 0 Å². The number of carbonyl (C=O) groups is 1. The third-order valence-corrected chi connectivity index (χ3v) is 5.87. The number of benzene rings is 1. The molecule has 3 N–H and O–H groups in total.